The lowest BCUT2D eigenvalue weighted by Gasteiger charge is -2.29. The van der Waals surface area contributed by atoms with Crippen molar-refractivity contribution in [3.8, 4) is 0 Å². The van der Waals surface area contributed by atoms with Crippen molar-refractivity contribution in [1.29, 1.82) is 0 Å². The molecule has 0 spiro atoms. The topological polar surface area (TPSA) is 72.2 Å². The lowest BCUT2D eigenvalue weighted by atomic mass is 9.84. The Labute approximate surface area is 105 Å². The summed E-state index contributed by atoms with van der Waals surface area (Å²) >= 11 is 0. The van der Waals surface area contributed by atoms with E-state index in [-0.39, 0.29) is 4.92 Å². The van der Waals surface area contributed by atoms with Gasteiger partial charge in [-0.25, -0.2) is 0 Å². The van der Waals surface area contributed by atoms with Crippen LogP contribution in [0.2, 0.25) is 0 Å². The summed E-state index contributed by atoms with van der Waals surface area (Å²) in [6.45, 7) is 0. The summed E-state index contributed by atoms with van der Waals surface area (Å²) in [5.41, 5.74) is -0.259. The molecule has 2 rings (SSSR count). The Kier molecular flexibility index (Phi) is 3.60. The van der Waals surface area contributed by atoms with Gasteiger partial charge in [-0.15, -0.1) is 0 Å². The first-order chi connectivity index (χ1) is 8.70. The summed E-state index contributed by atoms with van der Waals surface area (Å²) in [7, 11) is 0. The maximum absolute atomic E-state index is 11.5. The molecule has 5 heteroatoms. The molecular formula is C13H16N2O3. The Morgan fingerprint density at radius 1 is 1.28 bits per heavy atom. The Morgan fingerprint density at radius 2 is 1.89 bits per heavy atom. The SMILES string of the molecule is O=CNC(c1ccccc1)C1([N+](=O)[O-])CCCC1. The number of rotatable bonds is 5. The monoisotopic (exact) mass is 248 g/mol. The van der Waals surface area contributed by atoms with Crippen molar-refractivity contribution in [2.75, 3.05) is 0 Å². The van der Waals surface area contributed by atoms with Gasteiger partial charge in [-0.3, -0.25) is 14.9 Å². The van der Waals surface area contributed by atoms with Gasteiger partial charge in [0.1, 0.15) is 6.04 Å². The fourth-order valence-corrected chi connectivity index (χ4v) is 2.84. The maximum Gasteiger partial charge on any atom is 0.246 e. The van der Waals surface area contributed by atoms with Crippen LogP contribution < -0.4 is 5.32 Å². The van der Waals surface area contributed by atoms with Crippen molar-refractivity contribution in [3.05, 3.63) is 46.0 Å². The van der Waals surface area contributed by atoms with Crippen molar-refractivity contribution in [3.63, 3.8) is 0 Å². The molecule has 96 valence electrons. The molecule has 1 aromatic carbocycles. The van der Waals surface area contributed by atoms with Gasteiger partial charge in [0.2, 0.25) is 11.9 Å². The number of amides is 1. The first kappa shape index (κ1) is 12.5. The summed E-state index contributed by atoms with van der Waals surface area (Å²) in [4.78, 5) is 22.0. The fourth-order valence-electron chi connectivity index (χ4n) is 2.84. The Bertz CT molecular complexity index is 427. The molecule has 1 atom stereocenters. The van der Waals surface area contributed by atoms with Crippen molar-refractivity contribution < 1.29 is 9.72 Å². The standard InChI is InChI=1S/C13H16N2O3/c16-10-14-12(11-6-2-1-3-7-11)13(15(17)18)8-4-5-9-13/h1-3,6-7,10,12H,4-5,8-9H2,(H,14,16). The number of nitrogens with zero attached hydrogens (tertiary/aromatic N) is 1. The second-order valence-corrected chi connectivity index (χ2v) is 4.70. The first-order valence-electron chi connectivity index (χ1n) is 6.10. The van der Waals surface area contributed by atoms with E-state index in [9.17, 15) is 14.9 Å². The van der Waals surface area contributed by atoms with Crippen molar-refractivity contribution in [1.82, 2.24) is 5.32 Å². The van der Waals surface area contributed by atoms with Gasteiger partial charge < -0.3 is 5.32 Å². The van der Waals surface area contributed by atoms with Crippen LogP contribution >= 0.6 is 0 Å². The molecule has 0 bridgehead atoms. The number of benzene rings is 1. The zero-order valence-electron chi connectivity index (χ0n) is 10.0. The lowest BCUT2D eigenvalue weighted by molar-refractivity contribution is -0.574. The molecular weight excluding hydrogens is 232 g/mol. The van der Waals surface area contributed by atoms with Crippen molar-refractivity contribution in [2.24, 2.45) is 0 Å². The van der Waals surface area contributed by atoms with Gasteiger partial charge in [-0.05, 0) is 18.4 Å². The minimum atomic E-state index is -1.05. The van der Waals surface area contributed by atoms with Crippen LogP contribution in [0.15, 0.2) is 30.3 Å². The summed E-state index contributed by atoms with van der Waals surface area (Å²) in [5, 5.41) is 14.1. The van der Waals surface area contributed by atoms with Crippen LogP contribution in [0.3, 0.4) is 0 Å². The highest BCUT2D eigenvalue weighted by molar-refractivity contribution is 5.48. The molecule has 5 nitrogen and oxygen atoms in total. The van der Waals surface area contributed by atoms with E-state index in [1.807, 2.05) is 30.3 Å². The van der Waals surface area contributed by atoms with E-state index in [0.717, 1.165) is 18.4 Å². The van der Waals surface area contributed by atoms with E-state index in [1.165, 1.54) is 0 Å². The highest BCUT2D eigenvalue weighted by atomic mass is 16.6. The minimum absolute atomic E-state index is 0.214. The van der Waals surface area contributed by atoms with E-state index in [1.54, 1.807) is 0 Å². The molecule has 1 amide bonds. The molecule has 1 aromatic rings. The van der Waals surface area contributed by atoms with E-state index < -0.39 is 11.6 Å². The number of hydrogen-bond acceptors (Lipinski definition) is 3. The molecule has 1 aliphatic carbocycles. The predicted molar refractivity (Wildman–Crippen MR) is 66.6 cm³/mol. The normalized spacial score (nSPS) is 19.1. The van der Waals surface area contributed by atoms with Crippen LogP contribution in [-0.2, 0) is 4.79 Å². The average molecular weight is 248 g/mol. The molecule has 0 aromatic heterocycles. The minimum Gasteiger partial charge on any atom is -0.345 e. The molecule has 1 unspecified atom stereocenters. The molecule has 1 fully saturated rings. The smallest absolute Gasteiger partial charge is 0.246 e. The van der Waals surface area contributed by atoms with Crippen molar-refractivity contribution >= 4 is 6.41 Å². The van der Waals surface area contributed by atoms with Crippen LogP contribution in [-0.4, -0.2) is 16.9 Å². The van der Waals surface area contributed by atoms with E-state index in [0.29, 0.717) is 19.3 Å². The number of nitrogens with one attached hydrogen (secondary N) is 1. The van der Waals surface area contributed by atoms with E-state index in [4.69, 9.17) is 0 Å². The highest BCUT2D eigenvalue weighted by Crippen LogP contribution is 2.42. The van der Waals surface area contributed by atoms with Gasteiger partial charge in [-0.2, -0.15) is 0 Å². The third-order valence-corrected chi connectivity index (χ3v) is 3.74. The van der Waals surface area contributed by atoms with Crippen LogP contribution in [0.25, 0.3) is 0 Å². The van der Waals surface area contributed by atoms with Crippen LogP contribution in [0, 0.1) is 10.1 Å². The molecule has 1 saturated carbocycles. The number of carbonyl (C=O) groups is 1. The summed E-state index contributed by atoms with van der Waals surface area (Å²) in [5.74, 6) is 0. The summed E-state index contributed by atoms with van der Waals surface area (Å²) < 4.78 is 0. The molecule has 0 saturated heterocycles. The maximum atomic E-state index is 11.5. The lowest BCUT2D eigenvalue weighted by Crippen LogP contribution is -2.47. The van der Waals surface area contributed by atoms with E-state index >= 15 is 0 Å². The summed E-state index contributed by atoms with van der Waals surface area (Å²) in [6, 6.07) is 8.62. The quantitative estimate of drug-likeness (QED) is 0.492. The van der Waals surface area contributed by atoms with Crippen LogP contribution in [0.1, 0.15) is 37.3 Å². The number of hydrogen-bond donors (Lipinski definition) is 1. The van der Waals surface area contributed by atoms with Gasteiger partial charge in [0.25, 0.3) is 0 Å². The van der Waals surface area contributed by atoms with Crippen LogP contribution in [0.5, 0.6) is 0 Å². The second-order valence-electron chi connectivity index (χ2n) is 4.70. The van der Waals surface area contributed by atoms with Gasteiger partial charge in [-0.1, -0.05) is 30.3 Å². The summed E-state index contributed by atoms with van der Waals surface area (Å²) in [6.07, 6.45) is 3.26. The largest absolute Gasteiger partial charge is 0.345 e. The van der Waals surface area contributed by atoms with Gasteiger partial charge in [0, 0.05) is 17.8 Å². The van der Waals surface area contributed by atoms with Crippen molar-refractivity contribution in [2.45, 2.75) is 37.3 Å². The molecule has 18 heavy (non-hydrogen) atoms. The van der Waals surface area contributed by atoms with Gasteiger partial charge >= 0.3 is 0 Å². The molecule has 0 aliphatic heterocycles. The second kappa shape index (κ2) is 5.16. The zero-order valence-corrected chi connectivity index (χ0v) is 10.0. The number of carbonyl (C=O) groups excluding carboxylic acids is 1. The molecule has 1 N–H and O–H groups in total. The zero-order chi connectivity index (χ0) is 13.0. The van der Waals surface area contributed by atoms with Gasteiger partial charge in [0.15, 0.2) is 0 Å². The first-order valence-corrected chi connectivity index (χ1v) is 6.10. The fraction of sp³-hybridized carbons (Fsp3) is 0.462. The predicted octanol–water partition coefficient (Wildman–Crippen LogP) is 2.06. The third kappa shape index (κ3) is 2.08. The number of nitro groups is 1. The molecule has 0 radical (unpaired) electrons. The third-order valence-electron chi connectivity index (χ3n) is 3.74. The Morgan fingerprint density at radius 3 is 2.39 bits per heavy atom. The Hall–Kier alpha value is -1.91. The van der Waals surface area contributed by atoms with E-state index in [2.05, 4.69) is 5.32 Å². The molecule has 1 aliphatic rings. The average Bonchev–Trinajstić information content (AvgIpc) is 2.87. The van der Waals surface area contributed by atoms with Gasteiger partial charge in [0.05, 0.1) is 0 Å². The highest BCUT2D eigenvalue weighted by Gasteiger charge is 2.53. The molecule has 0 heterocycles. The van der Waals surface area contributed by atoms with Crippen LogP contribution in [0.4, 0.5) is 0 Å². The Balaban J connectivity index is 2.40.